The van der Waals surface area contributed by atoms with Crippen LogP contribution in [-0.4, -0.2) is 29.4 Å². The summed E-state index contributed by atoms with van der Waals surface area (Å²) in [4.78, 5) is 27.0. The number of carbonyl (C=O) groups is 2. The molecule has 0 aliphatic heterocycles. The summed E-state index contributed by atoms with van der Waals surface area (Å²) in [5.41, 5.74) is 11.5. The molecule has 0 saturated heterocycles. The van der Waals surface area contributed by atoms with Crippen LogP contribution in [0.2, 0.25) is 0 Å². The number of amides is 2. The van der Waals surface area contributed by atoms with Crippen molar-refractivity contribution in [3.63, 3.8) is 0 Å². The number of primary amides is 1. The Kier molecular flexibility index (Phi) is 6.58. The molecule has 6 nitrogen and oxygen atoms in total. The van der Waals surface area contributed by atoms with Crippen molar-refractivity contribution in [3.05, 3.63) is 29.6 Å². The second kappa shape index (κ2) is 7.95. The summed E-state index contributed by atoms with van der Waals surface area (Å²) in [5, 5.41) is 2.99. The smallest absolute Gasteiger partial charge is 0.270 e. The lowest BCUT2D eigenvalue weighted by atomic mass is 9.84. The van der Waals surface area contributed by atoms with Crippen LogP contribution in [0.5, 0.6) is 0 Å². The fourth-order valence-corrected chi connectivity index (χ4v) is 2.60. The maximum atomic E-state index is 12.1. The highest BCUT2D eigenvalue weighted by Gasteiger charge is 2.25. The van der Waals surface area contributed by atoms with Gasteiger partial charge < -0.3 is 16.8 Å². The van der Waals surface area contributed by atoms with Gasteiger partial charge in [0.25, 0.3) is 5.91 Å². The molecule has 1 heterocycles. The zero-order chi connectivity index (χ0) is 14.5. The second-order valence-corrected chi connectivity index (χ2v) is 5.16. The molecule has 0 spiro atoms. The molecule has 2 amide bonds. The zero-order valence-corrected chi connectivity index (χ0v) is 12.6. The van der Waals surface area contributed by atoms with E-state index in [0.717, 1.165) is 19.3 Å². The molecule has 116 valence electrons. The molecule has 0 aromatic carbocycles. The van der Waals surface area contributed by atoms with Crippen molar-refractivity contribution in [1.29, 1.82) is 0 Å². The highest BCUT2D eigenvalue weighted by atomic mass is 35.5. The minimum absolute atomic E-state index is 0. The summed E-state index contributed by atoms with van der Waals surface area (Å²) in [7, 11) is 0. The molecular weight excluding hydrogens is 292 g/mol. The van der Waals surface area contributed by atoms with Crippen LogP contribution < -0.4 is 16.8 Å². The first-order chi connectivity index (χ1) is 9.61. The van der Waals surface area contributed by atoms with Gasteiger partial charge in [0.05, 0.1) is 5.56 Å². The molecule has 21 heavy (non-hydrogen) atoms. The first-order valence-electron chi connectivity index (χ1n) is 6.88. The van der Waals surface area contributed by atoms with Crippen molar-refractivity contribution in [2.75, 3.05) is 6.54 Å². The van der Waals surface area contributed by atoms with Crippen molar-refractivity contribution < 1.29 is 9.59 Å². The molecule has 5 N–H and O–H groups in total. The maximum absolute atomic E-state index is 12.1. The van der Waals surface area contributed by atoms with E-state index in [1.54, 1.807) is 0 Å². The molecule has 1 fully saturated rings. The number of nitrogens with two attached hydrogens (primary N) is 2. The van der Waals surface area contributed by atoms with E-state index < -0.39 is 5.91 Å². The average molecular weight is 313 g/mol. The Balaban J connectivity index is 0.00000220. The van der Waals surface area contributed by atoms with Crippen molar-refractivity contribution >= 4 is 24.2 Å². The number of nitrogens with one attached hydrogen (secondary N) is 1. The average Bonchev–Trinajstić information content (AvgIpc) is 2.48. The number of halogens is 1. The van der Waals surface area contributed by atoms with Gasteiger partial charge in [-0.15, -0.1) is 12.4 Å². The third-order valence-electron chi connectivity index (χ3n) is 3.81. The van der Waals surface area contributed by atoms with Crippen molar-refractivity contribution in [2.24, 2.45) is 17.4 Å². The van der Waals surface area contributed by atoms with Crippen LogP contribution in [0.15, 0.2) is 18.3 Å². The molecule has 1 aliphatic carbocycles. The molecule has 7 heteroatoms. The van der Waals surface area contributed by atoms with Gasteiger partial charge in [-0.2, -0.15) is 0 Å². The summed E-state index contributed by atoms with van der Waals surface area (Å²) < 4.78 is 0. The van der Waals surface area contributed by atoms with E-state index in [-0.39, 0.29) is 30.0 Å². The summed E-state index contributed by atoms with van der Waals surface area (Å²) in [5.74, 6) is -0.455. The van der Waals surface area contributed by atoms with E-state index >= 15 is 0 Å². The molecule has 0 radical (unpaired) electrons. The van der Waals surface area contributed by atoms with E-state index in [1.165, 1.54) is 24.8 Å². The quantitative estimate of drug-likeness (QED) is 0.765. The molecule has 2 atom stereocenters. The van der Waals surface area contributed by atoms with Crippen LogP contribution in [-0.2, 0) is 0 Å². The maximum Gasteiger partial charge on any atom is 0.270 e. The van der Waals surface area contributed by atoms with Gasteiger partial charge >= 0.3 is 0 Å². The number of nitrogens with zero attached hydrogens (tertiary/aromatic N) is 1. The highest BCUT2D eigenvalue weighted by molar-refractivity contribution is 5.95. The summed E-state index contributed by atoms with van der Waals surface area (Å²) in [6.07, 6.45) is 5.59. The highest BCUT2D eigenvalue weighted by Crippen LogP contribution is 2.23. The third-order valence-corrected chi connectivity index (χ3v) is 3.81. The van der Waals surface area contributed by atoms with Gasteiger partial charge in [0.2, 0.25) is 5.91 Å². The summed E-state index contributed by atoms with van der Waals surface area (Å²) >= 11 is 0. The molecule has 1 aliphatic rings. The molecule has 1 saturated carbocycles. The number of pyridine rings is 1. The van der Waals surface area contributed by atoms with E-state index in [1.807, 2.05) is 0 Å². The van der Waals surface area contributed by atoms with Crippen LogP contribution >= 0.6 is 12.4 Å². The van der Waals surface area contributed by atoms with Gasteiger partial charge in [-0.3, -0.25) is 14.6 Å². The standard InChI is InChI=1S/C14H20N4O2.ClH/c15-7-9-3-1-2-4-11(9)18-14(20)12-6-5-10(8-17-12)13(16)19;/h5-6,8-9,11H,1-4,7,15H2,(H2,16,19)(H,18,20);1H. The lowest BCUT2D eigenvalue weighted by molar-refractivity contribution is 0.0901. The SMILES string of the molecule is Cl.NCC1CCCCC1NC(=O)c1ccc(C(N)=O)cn1. The normalized spacial score (nSPS) is 21.2. The fraction of sp³-hybridized carbons (Fsp3) is 0.500. The van der Waals surface area contributed by atoms with Crippen LogP contribution in [0.1, 0.15) is 46.5 Å². The van der Waals surface area contributed by atoms with E-state index in [4.69, 9.17) is 11.5 Å². The van der Waals surface area contributed by atoms with E-state index in [2.05, 4.69) is 10.3 Å². The Morgan fingerprint density at radius 3 is 2.57 bits per heavy atom. The van der Waals surface area contributed by atoms with E-state index in [9.17, 15) is 9.59 Å². The van der Waals surface area contributed by atoms with Gasteiger partial charge in [0.15, 0.2) is 0 Å². The van der Waals surface area contributed by atoms with Gasteiger partial charge in [-0.05, 0) is 37.4 Å². The Morgan fingerprint density at radius 1 is 1.29 bits per heavy atom. The Labute approximate surface area is 130 Å². The monoisotopic (exact) mass is 312 g/mol. The minimum atomic E-state index is -0.556. The largest absolute Gasteiger partial charge is 0.366 e. The summed E-state index contributed by atoms with van der Waals surface area (Å²) in [6.45, 7) is 0.582. The van der Waals surface area contributed by atoms with Gasteiger partial charge in [0.1, 0.15) is 5.69 Å². The predicted octanol–water partition coefficient (Wildman–Crippen LogP) is 0.850. The Morgan fingerprint density at radius 2 is 2.00 bits per heavy atom. The topological polar surface area (TPSA) is 111 Å². The van der Waals surface area contributed by atoms with E-state index in [0.29, 0.717) is 18.0 Å². The van der Waals surface area contributed by atoms with Crippen molar-refractivity contribution in [3.8, 4) is 0 Å². The molecule has 0 bridgehead atoms. The molecule has 2 rings (SSSR count). The van der Waals surface area contributed by atoms with Crippen LogP contribution in [0.25, 0.3) is 0 Å². The minimum Gasteiger partial charge on any atom is -0.366 e. The predicted molar refractivity (Wildman–Crippen MR) is 82.3 cm³/mol. The number of hydrogen-bond acceptors (Lipinski definition) is 4. The molecule has 2 unspecified atom stereocenters. The fourth-order valence-electron chi connectivity index (χ4n) is 2.60. The number of carbonyl (C=O) groups excluding carboxylic acids is 2. The first kappa shape index (κ1) is 17.4. The van der Waals surface area contributed by atoms with Gasteiger partial charge in [-0.1, -0.05) is 12.8 Å². The first-order valence-corrected chi connectivity index (χ1v) is 6.88. The lowest BCUT2D eigenvalue weighted by Crippen LogP contribution is -2.44. The lowest BCUT2D eigenvalue weighted by Gasteiger charge is -2.31. The van der Waals surface area contributed by atoms with Crippen molar-refractivity contribution in [1.82, 2.24) is 10.3 Å². The number of hydrogen-bond donors (Lipinski definition) is 3. The third kappa shape index (κ3) is 4.41. The van der Waals surface area contributed by atoms with Gasteiger partial charge in [0, 0.05) is 12.2 Å². The number of aromatic nitrogens is 1. The van der Waals surface area contributed by atoms with Crippen LogP contribution in [0, 0.1) is 5.92 Å². The van der Waals surface area contributed by atoms with Crippen molar-refractivity contribution in [2.45, 2.75) is 31.7 Å². The Hall–Kier alpha value is -1.66. The zero-order valence-electron chi connectivity index (χ0n) is 11.7. The number of rotatable bonds is 4. The Bertz CT molecular complexity index is 492. The van der Waals surface area contributed by atoms with Gasteiger partial charge in [-0.25, -0.2) is 0 Å². The summed E-state index contributed by atoms with van der Waals surface area (Å²) in [6, 6.07) is 3.13. The van der Waals surface area contributed by atoms with Crippen LogP contribution in [0.4, 0.5) is 0 Å². The molecular formula is C14H21ClN4O2. The molecule has 1 aromatic heterocycles. The van der Waals surface area contributed by atoms with Crippen LogP contribution in [0.3, 0.4) is 0 Å². The second-order valence-electron chi connectivity index (χ2n) is 5.16. The molecule has 1 aromatic rings.